The zero-order valence-corrected chi connectivity index (χ0v) is 19.3. The summed E-state index contributed by atoms with van der Waals surface area (Å²) in [4.78, 5) is 49.2. The minimum absolute atomic E-state index is 0.0257. The molecule has 1 aliphatic rings. The molecule has 0 radical (unpaired) electrons. The topological polar surface area (TPSA) is 119 Å². The molecule has 0 aliphatic carbocycles. The van der Waals surface area contributed by atoms with E-state index in [1.807, 2.05) is 42.5 Å². The van der Waals surface area contributed by atoms with Gasteiger partial charge >= 0.3 is 6.03 Å². The lowest BCUT2D eigenvalue weighted by Gasteiger charge is -2.26. The van der Waals surface area contributed by atoms with E-state index in [-0.39, 0.29) is 16.9 Å². The molecule has 1 N–H and O–H groups in total. The standard InChI is InChI=1S/C28H19N3O6/c32-26-25(27(33)30(28(34)29-26)21-10-5-11-22(16-21)31(35)36)15-18-6-3-12-23(14-18)37-17-20-9-4-8-19-7-1-2-13-24(19)20/h1-16H,17H2,(H,29,32,34)/b25-15-. The summed E-state index contributed by atoms with van der Waals surface area (Å²) in [6.07, 6.45) is 1.35. The van der Waals surface area contributed by atoms with Gasteiger partial charge in [0.05, 0.1) is 10.6 Å². The minimum Gasteiger partial charge on any atom is -0.489 e. The summed E-state index contributed by atoms with van der Waals surface area (Å²) >= 11 is 0. The van der Waals surface area contributed by atoms with Gasteiger partial charge in [-0.25, -0.2) is 9.69 Å². The number of rotatable bonds is 6. The minimum atomic E-state index is -0.986. The zero-order valence-electron chi connectivity index (χ0n) is 19.3. The third-order valence-electron chi connectivity index (χ3n) is 5.84. The number of fused-ring (bicyclic) bond motifs is 1. The SMILES string of the molecule is O=C1NC(=O)N(c2cccc([N+](=O)[O-])c2)C(=O)/C1=C\c1cccc(OCc2cccc3ccccc23)c1. The summed E-state index contributed by atoms with van der Waals surface area (Å²) in [5, 5.41) is 15.4. The van der Waals surface area contributed by atoms with Gasteiger partial charge in [-0.15, -0.1) is 0 Å². The molecule has 4 aromatic rings. The van der Waals surface area contributed by atoms with Gasteiger partial charge in [-0.1, -0.05) is 60.7 Å². The number of imide groups is 2. The summed E-state index contributed by atoms with van der Waals surface area (Å²) in [5.74, 6) is -1.23. The van der Waals surface area contributed by atoms with Crippen molar-refractivity contribution in [2.45, 2.75) is 6.61 Å². The van der Waals surface area contributed by atoms with E-state index < -0.39 is 22.8 Å². The molecule has 37 heavy (non-hydrogen) atoms. The van der Waals surface area contributed by atoms with Crippen LogP contribution in [0.4, 0.5) is 16.2 Å². The average Bonchev–Trinajstić information content (AvgIpc) is 2.90. The molecule has 0 bridgehead atoms. The van der Waals surface area contributed by atoms with Gasteiger partial charge in [-0.3, -0.25) is 25.0 Å². The van der Waals surface area contributed by atoms with E-state index in [4.69, 9.17) is 4.74 Å². The number of hydrogen-bond acceptors (Lipinski definition) is 6. The van der Waals surface area contributed by atoms with E-state index in [0.29, 0.717) is 22.8 Å². The van der Waals surface area contributed by atoms with Crippen molar-refractivity contribution in [3.05, 3.63) is 118 Å². The first-order valence-electron chi connectivity index (χ1n) is 11.3. The predicted octanol–water partition coefficient (Wildman–Crippen LogP) is 4.99. The third kappa shape index (κ3) is 4.78. The monoisotopic (exact) mass is 493 g/mol. The highest BCUT2D eigenvalue weighted by Crippen LogP contribution is 2.26. The molecule has 0 aromatic heterocycles. The maximum atomic E-state index is 13.1. The second-order valence-corrected chi connectivity index (χ2v) is 8.23. The lowest BCUT2D eigenvalue weighted by Crippen LogP contribution is -2.54. The molecule has 9 nitrogen and oxygen atoms in total. The highest BCUT2D eigenvalue weighted by Gasteiger charge is 2.37. The quantitative estimate of drug-likeness (QED) is 0.175. The second-order valence-electron chi connectivity index (χ2n) is 8.23. The van der Waals surface area contributed by atoms with Crippen molar-refractivity contribution in [2.75, 3.05) is 4.90 Å². The van der Waals surface area contributed by atoms with Crippen molar-refractivity contribution in [3.63, 3.8) is 0 Å². The van der Waals surface area contributed by atoms with Gasteiger partial charge in [-0.2, -0.15) is 0 Å². The molecule has 182 valence electrons. The number of ether oxygens (including phenoxy) is 1. The van der Waals surface area contributed by atoms with E-state index in [1.165, 1.54) is 24.3 Å². The van der Waals surface area contributed by atoms with Crippen LogP contribution in [-0.4, -0.2) is 22.8 Å². The Kier molecular flexibility index (Phi) is 6.17. The molecule has 0 saturated carbocycles. The fourth-order valence-corrected chi connectivity index (χ4v) is 4.08. The maximum Gasteiger partial charge on any atom is 0.335 e. The number of barbiturate groups is 1. The number of anilines is 1. The van der Waals surface area contributed by atoms with Crippen LogP contribution in [0, 0.1) is 10.1 Å². The predicted molar refractivity (Wildman–Crippen MR) is 137 cm³/mol. The van der Waals surface area contributed by atoms with Crippen molar-refractivity contribution in [1.82, 2.24) is 5.32 Å². The number of amides is 4. The Hall–Kier alpha value is -5.31. The molecule has 1 fully saturated rings. The Bertz CT molecular complexity index is 1610. The van der Waals surface area contributed by atoms with E-state index in [1.54, 1.807) is 24.3 Å². The van der Waals surface area contributed by atoms with Crippen LogP contribution in [0.25, 0.3) is 16.8 Å². The Morgan fingerprint density at radius 1 is 0.892 bits per heavy atom. The molecule has 9 heteroatoms. The largest absolute Gasteiger partial charge is 0.489 e. The van der Waals surface area contributed by atoms with Crippen LogP contribution in [0.5, 0.6) is 5.75 Å². The summed E-state index contributed by atoms with van der Waals surface area (Å²) in [6, 6.07) is 24.9. The van der Waals surface area contributed by atoms with Gasteiger partial charge < -0.3 is 4.74 Å². The molecule has 0 unspecified atom stereocenters. The van der Waals surface area contributed by atoms with Gasteiger partial charge in [-0.05, 0) is 46.2 Å². The van der Waals surface area contributed by atoms with Crippen LogP contribution in [0.3, 0.4) is 0 Å². The number of non-ortho nitro benzene ring substituents is 1. The van der Waals surface area contributed by atoms with Crippen LogP contribution < -0.4 is 15.0 Å². The Morgan fingerprint density at radius 2 is 1.65 bits per heavy atom. The van der Waals surface area contributed by atoms with Crippen molar-refractivity contribution in [2.24, 2.45) is 0 Å². The fraction of sp³-hybridized carbons (Fsp3) is 0.0357. The first kappa shape index (κ1) is 23.4. The molecular formula is C28H19N3O6. The molecule has 5 rings (SSSR count). The number of hydrogen-bond donors (Lipinski definition) is 1. The number of nitro groups is 1. The van der Waals surface area contributed by atoms with E-state index in [2.05, 4.69) is 5.32 Å². The van der Waals surface area contributed by atoms with E-state index in [9.17, 15) is 24.5 Å². The fourth-order valence-electron chi connectivity index (χ4n) is 4.08. The van der Waals surface area contributed by atoms with Crippen LogP contribution in [0.1, 0.15) is 11.1 Å². The first-order valence-corrected chi connectivity index (χ1v) is 11.3. The Balaban J connectivity index is 1.40. The number of carbonyl (C=O) groups excluding carboxylic acids is 3. The summed E-state index contributed by atoms with van der Waals surface area (Å²) < 4.78 is 5.98. The van der Waals surface area contributed by atoms with Crippen LogP contribution >= 0.6 is 0 Å². The molecule has 1 heterocycles. The normalized spacial score (nSPS) is 14.6. The van der Waals surface area contributed by atoms with Gasteiger partial charge in [0.2, 0.25) is 0 Å². The molecule has 0 spiro atoms. The molecule has 4 amide bonds. The lowest BCUT2D eigenvalue weighted by molar-refractivity contribution is -0.384. The van der Waals surface area contributed by atoms with E-state index >= 15 is 0 Å². The summed E-state index contributed by atoms with van der Waals surface area (Å²) in [5.41, 5.74) is 0.896. The van der Waals surface area contributed by atoms with Crippen molar-refractivity contribution in [3.8, 4) is 5.75 Å². The number of nitrogens with one attached hydrogen (secondary N) is 1. The van der Waals surface area contributed by atoms with Crippen molar-refractivity contribution in [1.29, 1.82) is 0 Å². The number of nitrogens with zero attached hydrogens (tertiary/aromatic N) is 2. The van der Waals surface area contributed by atoms with Crippen LogP contribution in [-0.2, 0) is 16.2 Å². The highest BCUT2D eigenvalue weighted by molar-refractivity contribution is 6.39. The second kappa shape index (κ2) is 9.74. The van der Waals surface area contributed by atoms with Gasteiger partial charge in [0, 0.05) is 12.1 Å². The molecule has 1 aliphatic heterocycles. The van der Waals surface area contributed by atoms with Gasteiger partial charge in [0.25, 0.3) is 17.5 Å². The average molecular weight is 493 g/mol. The number of urea groups is 1. The Labute approximate surface area is 210 Å². The maximum absolute atomic E-state index is 13.1. The van der Waals surface area contributed by atoms with Crippen LogP contribution in [0.2, 0.25) is 0 Å². The molecule has 4 aromatic carbocycles. The summed E-state index contributed by atoms with van der Waals surface area (Å²) in [7, 11) is 0. The summed E-state index contributed by atoms with van der Waals surface area (Å²) in [6.45, 7) is 0.315. The smallest absolute Gasteiger partial charge is 0.335 e. The van der Waals surface area contributed by atoms with Crippen molar-refractivity contribution < 1.29 is 24.0 Å². The Morgan fingerprint density at radius 3 is 2.49 bits per heavy atom. The van der Waals surface area contributed by atoms with Crippen molar-refractivity contribution >= 4 is 46.1 Å². The number of benzene rings is 4. The molecular weight excluding hydrogens is 474 g/mol. The number of carbonyl (C=O) groups is 3. The molecule has 1 saturated heterocycles. The van der Waals surface area contributed by atoms with E-state index in [0.717, 1.165) is 22.4 Å². The lowest BCUT2D eigenvalue weighted by atomic mass is 10.1. The highest BCUT2D eigenvalue weighted by atomic mass is 16.6. The van der Waals surface area contributed by atoms with Gasteiger partial charge in [0.15, 0.2) is 0 Å². The third-order valence-corrected chi connectivity index (χ3v) is 5.84. The van der Waals surface area contributed by atoms with Crippen LogP contribution in [0.15, 0.2) is 96.6 Å². The zero-order chi connectivity index (χ0) is 25.9. The molecule has 0 atom stereocenters. The number of nitro benzene ring substituents is 1. The first-order chi connectivity index (χ1) is 17.9. The van der Waals surface area contributed by atoms with Gasteiger partial charge in [0.1, 0.15) is 17.9 Å².